The van der Waals surface area contributed by atoms with Crippen molar-refractivity contribution >= 4 is 15.9 Å². The fourth-order valence-electron chi connectivity index (χ4n) is 2.17. The molecule has 18 heavy (non-hydrogen) atoms. The molecular formula is C14H26BrN3. The third-order valence-electron chi connectivity index (χ3n) is 2.92. The van der Waals surface area contributed by atoms with E-state index in [9.17, 15) is 0 Å². The summed E-state index contributed by atoms with van der Waals surface area (Å²) < 4.78 is 3.20. The van der Waals surface area contributed by atoms with E-state index in [1.807, 2.05) is 6.20 Å². The Morgan fingerprint density at radius 3 is 2.56 bits per heavy atom. The molecule has 0 aliphatic carbocycles. The summed E-state index contributed by atoms with van der Waals surface area (Å²) in [7, 11) is 0. The lowest BCUT2D eigenvalue weighted by atomic mass is 9.87. The van der Waals surface area contributed by atoms with Crippen LogP contribution in [0.4, 0.5) is 0 Å². The van der Waals surface area contributed by atoms with E-state index in [1.165, 1.54) is 5.69 Å². The summed E-state index contributed by atoms with van der Waals surface area (Å²) in [4.78, 5) is 0. The maximum Gasteiger partial charge on any atom is 0.0695 e. The van der Waals surface area contributed by atoms with Gasteiger partial charge in [-0.15, -0.1) is 0 Å². The maximum absolute atomic E-state index is 4.42. The first-order chi connectivity index (χ1) is 8.39. The molecule has 1 aromatic heterocycles. The topological polar surface area (TPSA) is 29.9 Å². The van der Waals surface area contributed by atoms with E-state index in [0.717, 1.165) is 30.4 Å². The number of hydrogen-bond acceptors (Lipinski definition) is 2. The number of aryl methyl sites for hydroxylation is 1. The Bertz CT molecular complexity index is 366. The molecule has 0 aliphatic heterocycles. The van der Waals surface area contributed by atoms with Gasteiger partial charge >= 0.3 is 0 Å². The van der Waals surface area contributed by atoms with Gasteiger partial charge in [-0.25, -0.2) is 0 Å². The molecule has 0 radical (unpaired) electrons. The second kappa shape index (κ2) is 6.71. The molecular weight excluding hydrogens is 290 g/mol. The van der Waals surface area contributed by atoms with Crippen LogP contribution in [0.2, 0.25) is 0 Å². The largest absolute Gasteiger partial charge is 0.309 e. The molecule has 0 amide bonds. The van der Waals surface area contributed by atoms with Crippen molar-refractivity contribution in [3.63, 3.8) is 0 Å². The second-order valence-electron chi connectivity index (χ2n) is 5.97. The molecule has 0 spiro atoms. The third-order valence-corrected chi connectivity index (χ3v) is 3.53. The van der Waals surface area contributed by atoms with Crippen molar-refractivity contribution < 1.29 is 0 Å². The highest BCUT2D eigenvalue weighted by Crippen LogP contribution is 2.33. The van der Waals surface area contributed by atoms with E-state index in [0.29, 0.717) is 11.5 Å². The van der Waals surface area contributed by atoms with Gasteiger partial charge in [0.1, 0.15) is 0 Å². The van der Waals surface area contributed by atoms with E-state index < -0.39 is 0 Å². The zero-order valence-electron chi connectivity index (χ0n) is 12.3. The van der Waals surface area contributed by atoms with Gasteiger partial charge in [-0.2, -0.15) is 5.10 Å². The van der Waals surface area contributed by atoms with Crippen LogP contribution < -0.4 is 5.32 Å². The molecule has 1 unspecified atom stereocenters. The molecule has 4 heteroatoms. The van der Waals surface area contributed by atoms with Crippen LogP contribution in [-0.2, 0) is 6.54 Å². The highest BCUT2D eigenvalue weighted by Gasteiger charge is 2.24. The first-order valence-corrected chi connectivity index (χ1v) is 7.63. The van der Waals surface area contributed by atoms with Crippen LogP contribution in [0.1, 0.15) is 59.2 Å². The monoisotopic (exact) mass is 315 g/mol. The average molecular weight is 316 g/mol. The molecule has 1 rings (SSSR count). The summed E-state index contributed by atoms with van der Waals surface area (Å²) in [6.45, 7) is 13.2. The van der Waals surface area contributed by atoms with Gasteiger partial charge in [0, 0.05) is 6.54 Å². The lowest BCUT2D eigenvalue weighted by Gasteiger charge is -2.27. The Hall–Kier alpha value is -0.350. The predicted octanol–water partition coefficient (Wildman–Crippen LogP) is 4.14. The van der Waals surface area contributed by atoms with Crippen LogP contribution in [-0.4, -0.2) is 16.3 Å². The number of nitrogens with zero attached hydrogens (tertiary/aromatic N) is 2. The van der Waals surface area contributed by atoms with Crippen LogP contribution >= 0.6 is 15.9 Å². The predicted molar refractivity (Wildman–Crippen MR) is 80.7 cm³/mol. The summed E-state index contributed by atoms with van der Waals surface area (Å²) in [6, 6.07) is 0.363. The van der Waals surface area contributed by atoms with E-state index >= 15 is 0 Å². The maximum atomic E-state index is 4.42. The first kappa shape index (κ1) is 15.7. The van der Waals surface area contributed by atoms with Crippen LogP contribution in [0.15, 0.2) is 10.7 Å². The molecule has 1 aromatic rings. The lowest BCUT2D eigenvalue weighted by molar-refractivity contribution is 0.301. The summed E-state index contributed by atoms with van der Waals surface area (Å²) in [6.07, 6.45) is 4.16. The molecule has 104 valence electrons. The highest BCUT2D eigenvalue weighted by atomic mass is 79.9. The van der Waals surface area contributed by atoms with Crippen LogP contribution in [0.5, 0.6) is 0 Å². The van der Waals surface area contributed by atoms with Gasteiger partial charge in [-0.1, -0.05) is 27.7 Å². The molecule has 0 aliphatic rings. The normalized spacial score (nSPS) is 13.9. The standard InChI is InChI=1S/C14H26BrN3/c1-6-8-16-12(9-14(3,4)5)13-11(15)10-17-18(13)7-2/h10,12,16H,6-9H2,1-5H3. The molecule has 0 fully saturated rings. The third kappa shape index (κ3) is 4.39. The van der Waals surface area contributed by atoms with Gasteiger partial charge in [0.25, 0.3) is 0 Å². The van der Waals surface area contributed by atoms with E-state index in [2.05, 4.69) is 65.6 Å². The van der Waals surface area contributed by atoms with Gasteiger partial charge in [-0.3, -0.25) is 4.68 Å². The Balaban J connectivity index is 2.96. The van der Waals surface area contributed by atoms with Crippen molar-refractivity contribution in [2.75, 3.05) is 6.54 Å². The van der Waals surface area contributed by atoms with Crippen LogP contribution in [0.3, 0.4) is 0 Å². The quantitative estimate of drug-likeness (QED) is 0.855. The van der Waals surface area contributed by atoms with E-state index in [1.54, 1.807) is 0 Å². The minimum atomic E-state index is 0.299. The number of nitrogens with one attached hydrogen (secondary N) is 1. The number of rotatable bonds is 6. The van der Waals surface area contributed by atoms with E-state index in [-0.39, 0.29) is 0 Å². The Kier molecular flexibility index (Phi) is 5.86. The Morgan fingerprint density at radius 2 is 2.06 bits per heavy atom. The minimum absolute atomic E-state index is 0.299. The van der Waals surface area contributed by atoms with Crippen LogP contribution in [0.25, 0.3) is 0 Å². The SMILES string of the molecule is CCCNC(CC(C)(C)C)c1c(Br)cnn1CC. The summed E-state index contributed by atoms with van der Waals surface area (Å²) in [5, 5.41) is 8.08. The molecule has 0 saturated carbocycles. The summed E-state index contributed by atoms with van der Waals surface area (Å²) in [5.41, 5.74) is 1.58. The van der Waals surface area contributed by atoms with Crippen molar-refractivity contribution in [1.29, 1.82) is 0 Å². The Labute approximate surface area is 119 Å². The molecule has 1 N–H and O–H groups in total. The van der Waals surface area contributed by atoms with Crippen molar-refractivity contribution in [2.24, 2.45) is 5.41 Å². The smallest absolute Gasteiger partial charge is 0.0695 e. The molecule has 1 atom stereocenters. The van der Waals surface area contributed by atoms with Gasteiger partial charge < -0.3 is 5.32 Å². The minimum Gasteiger partial charge on any atom is -0.309 e. The van der Waals surface area contributed by atoms with Crippen LogP contribution in [0, 0.1) is 5.41 Å². The first-order valence-electron chi connectivity index (χ1n) is 6.83. The zero-order chi connectivity index (χ0) is 13.8. The van der Waals surface area contributed by atoms with Gasteiger partial charge in [0.05, 0.1) is 22.4 Å². The van der Waals surface area contributed by atoms with Crippen molar-refractivity contribution in [2.45, 2.75) is 60.0 Å². The molecule has 1 heterocycles. The van der Waals surface area contributed by atoms with E-state index in [4.69, 9.17) is 0 Å². The Morgan fingerprint density at radius 1 is 1.39 bits per heavy atom. The second-order valence-corrected chi connectivity index (χ2v) is 6.82. The number of halogens is 1. The van der Waals surface area contributed by atoms with Crippen molar-refractivity contribution in [3.8, 4) is 0 Å². The highest BCUT2D eigenvalue weighted by molar-refractivity contribution is 9.10. The van der Waals surface area contributed by atoms with Crippen molar-refractivity contribution in [3.05, 3.63) is 16.4 Å². The summed E-state index contributed by atoms with van der Waals surface area (Å²) >= 11 is 3.63. The number of aromatic nitrogens is 2. The average Bonchev–Trinajstić information content (AvgIpc) is 2.64. The van der Waals surface area contributed by atoms with Gasteiger partial charge in [0.15, 0.2) is 0 Å². The molecule has 0 aromatic carbocycles. The number of hydrogen-bond donors (Lipinski definition) is 1. The zero-order valence-corrected chi connectivity index (χ0v) is 13.8. The molecule has 0 saturated heterocycles. The molecule has 0 bridgehead atoms. The van der Waals surface area contributed by atoms with Gasteiger partial charge in [0.2, 0.25) is 0 Å². The molecule has 3 nitrogen and oxygen atoms in total. The fourth-order valence-corrected chi connectivity index (χ4v) is 2.74. The summed E-state index contributed by atoms with van der Waals surface area (Å²) in [5.74, 6) is 0. The van der Waals surface area contributed by atoms with Gasteiger partial charge in [-0.05, 0) is 47.7 Å². The lowest BCUT2D eigenvalue weighted by Crippen LogP contribution is -2.28. The van der Waals surface area contributed by atoms with Crippen molar-refractivity contribution in [1.82, 2.24) is 15.1 Å². The fraction of sp³-hybridized carbons (Fsp3) is 0.786.